The molecule has 1 amide bonds. The van der Waals surface area contributed by atoms with Crippen molar-refractivity contribution in [3.8, 4) is 0 Å². The van der Waals surface area contributed by atoms with Gasteiger partial charge >= 0.3 is 0 Å². The van der Waals surface area contributed by atoms with Crippen molar-refractivity contribution in [2.24, 2.45) is 0 Å². The van der Waals surface area contributed by atoms with Gasteiger partial charge in [0.2, 0.25) is 11.9 Å². The summed E-state index contributed by atoms with van der Waals surface area (Å²) in [5, 5.41) is 3.07. The van der Waals surface area contributed by atoms with Crippen molar-refractivity contribution in [1.29, 1.82) is 0 Å². The predicted octanol–water partition coefficient (Wildman–Crippen LogP) is 2.98. The molecule has 1 N–H and O–H groups in total. The molecule has 6 heteroatoms. The molecule has 1 aliphatic rings. The minimum Gasteiger partial charge on any atom is -0.338 e. The molecule has 1 aromatic heterocycles. The Kier molecular flexibility index (Phi) is 6.06. The van der Waals surface area contributed by atoms with Gasteiger partial charge in [0.15, 0.2) is 0 Å². The van der Waals surface area contributed by atoms with Gasteiger partial charge in [-0.15, -0.1) is 0 Å². The Morgan fingerprint density at radius 3 is 2.22 bits per heavy atom. The lowest BCUT2D eigenvalue weighted by Gasteiger charge is -2.32. The standard InChI is InChI=1S/C21H29N5O/c1-5-18(17-9-7-6-8-10-17)20(27)24-19-15(2)22-21(23-16(19)3)26-13-11-25(4)12-14-26/h6-10,18H,5,11-14H2,1-4H3,(H,24,27). The molecule has 1 aromatic carbocycles. The highest BCUT2D eigenvalue weighted by Crippen LogP contribution is 2.25. The van der Waals surface area contributed by atoms with Crippen LogP contribution in [0.5, 0.6) is 0 Å². The normalized spacial score (nSPS) is 16.2. The van der Waals surface area contributed by atoms with Gasteiger partial charge in [-0.25, -0.2) is 9.97 Å². The topological polar surface area (TPSA) is 61.4 Å². The van der Waals surface area contributed by atoms with Gasteiger partial charge in [0.1, 0.15) is 0 Å². The molecule has 2 heterocycles. The first kappa shape index (κ1) is 19.3. The van der Waals surface area contributed by atoms with Crippen molar-refractivity contribution in [3.63, 3.8) is 0 Å². The summed E-state index contributed by atoms with van der Waals surface area (Å²) in [5.74, 6) is 0.569. The minimum absolute atomic E-state index is 0.00847. The number of carbonyl (C=O) groups excluding carboxylic acids is 1. The molecular formula is C21H29N5O. The van der Waals surface area contributed by atoms with Crippen molar-refractivity contribution in [3.05, 3.63) is 47.3 Å². The quantitative estimate of drug-likeness (QED) is 0.880. The van der Waals surface area contributed by atoms with Crippen LogP contribution in [0.3, 0.4) is 0 Å². The predicted molar refractivity (Wildman–Crippen MR) is 109 cm³/mol. The molecule has 144 valence electrons. The lowest BCUT2D eigenvalue weighted by Crippen LogP contribution is -2.45. The van der Waals surface area contributed by atoms with Gasteiger partial charge in [-0.3, -0.25) is 4.79 Å². The molecule has 1 fully saturated rings. The number of hydrogen-bond donors (Lipinski definition) is 1. The zero-order valence-corrected chi connectivity index (χ0v) is 16.7. The number of anilines is 2. The Balaban J connectivity index is 1.77. The number of nitrogens with one attached hydrogen (secondary N) is 1. The van der Waals surface area contributed by atoms with E-state index in [1.165, 1.54) is 0 Å². The second kappa shape index (κ2) is 8.48. The van der Waals surface area contributed by atoms with Gasteiger partial charge in [-0.2, -0.15) is 0 Å². The van der Waals surface area contributed by atoms with Crippen LogP contribution in [0, 0.1) is 13.8 Å². The zero-order chi connectivity index (χ0) is 19.4. The number of carbonyl (C=O) groups is 1. The Bertz CT molecular complexity index is 761. The molecule has 1 atom stereocenters. The third kappa shape index (κ3) is 4.45. The largest absolute Gasteiger partial charge is 0.338 e. The second-order valence-electron chi connectivity index (χ2n) is 7.22. The smallest absolute Gasteiger partial charge is 0.232 e. The van der Waals surface area contributed by atoms with Crippen LogP contribution in [-0.4, -0.2) is 54.0 Å². The fourth-order valence-corrected chi connectivity index (χ4v) is 3.50. The van der Waals surface area contributed by atoms with Crippen LogP contribution in [-0.2, 0) is 4.79 Å². The second-order valence-corrected chi connectivity index (χ2v) is 7.22. The van der Waals surface area contributed by atoms with Gasteiger partial charge in [-0.05, 0) is 32.9 Å². The number of nitrogens with zero attached hydrogens (tertiary/aromatic N) is 4. The van der Waals surface area contributed by atoms with Crippen molar-refractivity contribution in [1.82, 2.24) is 14.9 Å². The summed E-state index contributed by atoms with van der Waals surface area (Å²) in [4.78, 5) is 26.8. The lowest BCUT2D eigenvalue weighted by atomic mass is 9.95. The van der Waals surface area contributed by atoms with Crippen molar-refractivity contribution < 1.29 is 4.79 Å². The Morgan fingerprint density at radius 2 is 1.67 bits per heavy atom. The third-order valence-corrected chi connectivity index (χ3v) is 5.22. The minimum atomic E-state index is -0.178. The highest BCUT2D eigenvalue weighted by molar-refractivity contribution is 5.96. The number of amides is 1. The van der Waals surface area contributed by atoms with E-state index in [4.69, 9.17) is 0 Å². The van der Waals surface area contributed by atoms with E-state index in [0.29, 0.717) is 0 Å². The van der Waals surface area contributed by atoms with Crippen molar-refractivity contribution in [2.45, 2.75) is 33.1 Å². The average Bonchev–Trinajstić information content (AvgIpc) is 2.66. The van der Waals surface area contributed by atoms with Gasteiger partial charge in [-0.1, -0.05) is 37.3 Å². The van der Waals surface area contributed by atoms with E-state index in [1.54, 1.807) is 0 Å². The van der Waals surface area contributed by atoms with Crippen LogP contribution in [0.1, 0.15) is 36.2 Å². The molecule has 0 saturated carbocycles. The fourth-order valence-electron chi connectivity index (χ4n) is 3.50. The highest BCUT2D eigenvalue weighted by Gasteiger charge is 2.22. The van der Waals surface area contributed by atoms with Crippen LogP contribution in [0.4, 0.5) is 11.6 Å². The molecule has 0 bridgehead atoms. The molecule has 0 radical (unpaired) electrons. The van der Waals surface area contributed by atoms with E-state index in [2.05, 4.69) is 32.1 Å². The average molecular weight is 367 g/mol. The number of aromatic nitrogens is 2. The molecule has 1 saturated heterocycles. The Labute approximate surface area is 161 Å². The molecule has 6 nitrogen and oxygen atoms in total. The lowest BCUT2D eigenvalue weighted by molar-refractivity contribution is -0.117. The number of benzene rings is 1. The monoisotopic (exact) mass is 367 g/mol. The van der Waals surface area contributed by atoms with E-state index in [0.717, 1.165) is 61.2 Å². The van der Waals surface area contributed by atoms with Gasteiger partial charge in [0.25, 0.3) is 0 Å². The number of hydrogen-bond acceptors (Lipinski definition) is 5. The summed E-state index contributed by atoms with van der Waals surface area (Å²) in [5.41, 5.74) is 3.38. The number of likely N-dealkylation sites (N-methyl/N-ethyl adjacent to an activating group) is 1. The number of rotatable bonds is 5. The molecule has 27 heavy (non-hydrogen) atoms. The van der Waals surface area contributed by atoms with Crippen LogP contribution < -0.4 is 10.2 Å². The summed E-state index contributed by atoms with van der Waals surface area (Å²) in [6, 6.07) is 9.90. The first-order valence-corrected chi connectivity index (χ1v) is 9.64. The summed E-state index contributed by atoms with van der Waals surface area (Å²) in [7, 11) is 2.13. The molecule has 1 unspecified atom stereocenters. The van der Waals surface area contributed by atoms with E-state index in [9.17, 15) is 4.79 Å². The van der Waals surface area contributed by atoms with E-state index >= 15 is 0 Å². The Hall–Kier alpha value is -2.47. The molecular weight excluding hydrogens is 338 g/mol. The van der Waals surface area contributed by atoms with E-state index in [1.807, 2.05) is 51.1 Å². The Morgan fingerprint density at radius 1 is 1.07 bits per heavy atom. The number of piperazine rings is 1. The molecule has 0 aliphatic carbocycles. The maximum atomic E-state index is 12.9. The van der Waals surface area contributed by atoms with Gasteiger partial charge in [0.05, 0.1) is 23.0 Å². The summed E-state index contributed by atoms with van der Waals surface area (Å²) in [6.07, 6.45) is 0.744. The molecule has 1 aliphatic heterocycles. The van der Waals surface area contributed by atoms with Crippen LogP contribution in [0.15, 0.2) is 30.3 Å². The third-order valence-electron chi connectivity index (χ3n) is 5.22. The molecule has 0 spiro atoms. The fraction of sp³-hybridized carbons (Fsp3) is 0.476. The summed E-state index contributed by atoms with van der Waals surface area (Å²) < 4.78 is 0. The maximum Gasteiger partial charge on any atom is 0.232 e. The van der Waals surface area contributed by atoms with Crippen molar-refractivity contribution >= 4 is 17.5 Å². The highest BCUT2D eigenvalue weighted by atomic mass is 16.1. The van der Waals surface area contributed by atoms with Crippen LogP contribution >= 0.6 is 0 Å². The van der Waals surface area contributed by atoms with E-state index < -0.39 is 0 Å². The first-order valence-electron chi connectivity index (χ1n) is 9.64. The maximum absolute atomic E-state index is 12.9. The van der Waals surface area contributed by atoms with Gasteiger partial charge in [0, 0.05) is 26.2 Å². The van der Waals surface area contributed by atoms with E-state index in [-0.39, 0.29) is 11.8 Å². The van der Waals surface area contributed by atoms with Gasteiger partial charge < -0.3 is 15.1 Å². The number of aryl methyl sites for hydroxylation is 2. The summed E-state index contributed by atoms with van der Waals surface area (Å²) >= 11 is 0. The summed E-state index contributed by atoms with van der Waals surface area (Å²) in [6.45, 7) is 9.77. The molecule has 3 rings (SSSR count). The SMILES string of the molecule is CCC(C(=O)Nc1c(C)nc(N2CCN(C)CC2)nc1C)c1ccccc1. The first-order chi connectivity index (χ1) is 13.0. The van der Waals surface area contributed by atoms with Crippen LogP contribution in [0.25, 0.3) is 0 Å². The molecule has 2 aromatic rings. The zero-order valence-electron chi connectivity index (χ0n) is 16.7. The van der Waals surface area contributed by atoms with Crippen LogP contribution in [0.2, 0.25) is 0 Å². The van der Waals surface area contributed by atoms with Crippen molar-refractivity contribution in [2.75, 3.05) is 43.4 Å².